The van der Waals surface area contributed by atoms with E-state index in [-0.39, 0.29) is 5.91 Å². The molecule has 0 saturated carbocycles. The number of hydrogen-bond donors (Lipinski definition) is 0. The summed E-state index contributed by atoms with van der Waals surface area (Å²) in [6.45, 7) is 3.13. The molecule has 0 spiro atoms. The zero-order valence-electron chi connectivity index (χ0n) is 13.0. The first-order valence-electron chi connectivity index (χ1n) is 7.62. The van der Waals surface area contributed by atoms with Gasteiger partial charge < -0.3 is 14.5 Å². The topological polar surface area (TPSA) is 32.8 Å². The van der Waals surface area contributed by atoms with Crippen LogP contribution in [0, 0.1) is 0 Å². The summed E-state index contributed by atoms with van der Waals surface area (Å²) in [5, 5.41) is 0. The Balaban J connectivity index is 1.64. The molecule has 120 valence electrons. The van der Waals surface area contributed by atoms with Crippen LogP contribution in [0.4, 0.5) is 5.69 Å². The minimum atomic E-state index is 0.0828. The molecule has 2 aromatic rings. The summed E-state index contributed by atoms with van der Waals surface area (Å²) in [5.41, 5.74) is 1.89. The van der Waals surface area contributed by atoms with Gasteiger partial charge >= 0.3 is 0 Å². The van der Waals surface area contributed by atoms with E-state index in [4.69, 9.17) is 4.74 Å². The first kappa shape index (κ1) is 15.9. The molecule has 1 aliphatic rings. The average molecular weight is 375 g/mol. The fourth-order valence-corrected chi connectivity index (χ4v) is 3.31. The fourth-order valence-electron chi connectivity index (χ4n) is 2.77. The van der Waals surface area contributed by atoms with Crippen molar-refractivity contribution in [3.8, 4) is 5.75 Å². The van der Waals surface area contributed by atoms with E-state index in [2.05, 4.69) is 26.9 Å². The van der Waals surface area contributed by atoms with E-state index in [0.717, 1.165) is 36.4 Å². The largest absolute Gasteiger partial charge is 0.497 e. The number of ether oxygens (including phenoxy) is 1. The Labute approximate surface area is 144 Å². The number of hydrogen-bond acceptors (Lipinski definition) is 3. The van der Waals surface area contributed by atoms with Crippen LogP contribution in [0.2, 0.25) is 0 Å². The van der Waals surface area contributed by atoms with E-state index < -0.39 is 0 Å². The van der Waals surface area contributed by atoms with Crippen LogP contribution >= 0.6 is 15.9 Å². The van der Waals surface area contributed by atoms with Crippen molar-refractivity contribution in [2.24, 2.45) is 0 Å². The number of methoxy groups -OCH3 is 1. The lowest BCUT2D eigenvalue weighted by Gasteiger charge is -2.36. The SMILES string of the molecule is COc1ccc(C(=O)N2CCN(c3ccccc3Br)CC2)cc1. The molecular formula is C18H19BrN2O2. The molecule has 1 amide bonds. The molecule has 0 radical (unpaired) electrons. The molecule has 0 N–H and O–H groups in total. The number of halogens is 1. The number of benzene rings is 2. The predicted molar refractivity (Wildman–Crippen MR) is 95.3 cm³/mol. The second-order valence-electron chi connectivity index (χ2n) is 5.46. The summed E-state index contributed by atoms with van der Waals surface area (Å²) in [6, 6.07) is 15.5. The van der Waals surface area contributed by atoms with Gasteiger partial charge in [-0.3, -0.25) is 4.79 Å². The molecule has 1 saturated heterocycles. The number of amides is 1. The molecule has 0 aliphatic carbocycles. The summed E-state index contributed by atoms with van der Waals surface area (Å²) in [5.74, 6) is 0.847. The zero-order valence-corrected chi connectivity index (χ0v) is 14.6. The second kappa shape index (κ2) is 7.04. The third-order valence-electron chi connectivity index (χ3n) is 4.10. The quantitative estimate of drug-likeness (QED) is 0.824. The van der Waals surface area contributed by atoms with Gasteiger partial charge in [0.15, 0.2) is 0 Å². The normalized spacial score (nSPS) is 14.7. The van der Waals surface area contributed by atoms with Gasteiger partial charge in [-0.05, 0) is 52.3 Å². The number of nitrogens with zero attached hydrogens (tertiary/aromatic N) is 2. The van der Waals surface area contributed by atoms with Crippen molar-refractivity contribution in [2.45, 2.75) is 0 Å². The van der Waals surface area contributed by atoms with E-state index >= 15 is 0 Å². The van der Waals surface area contributed by atoms with Crippen molar-refractivity contribution in [1.82, 2.24) is 4.90 Å². The lowest BCUT2D eigenvalue weighted by Crippen LogP contribution is -2.48. The molecule has 2 aromatic carbocycles. The number of carbonyl (C=O) groups is 1. The molecule has 1 fully saturated rings. The molecule has 0 bridgehead atoms. The molecule has 5 heteroatoms. The highest BCUT2D eigenvalue weighted by Crippen LogP contribution is 2.26. The van der Waals surface area contributed by atoms with Crippen molar-refractivity contribution in [3.05, 3.63) is 58.6 Å². The van der Waals surface area contributed by atoms with Gasteiger partial charge in [0.25, 0.3) is 5.91 Å². The van der Waals surface area contributed by atoms with Gasteiger partial charge in [-0.2, -0.15) is 0 Å². The Morgan fingerprint density at radius 1 is 1.00 bits per heavy atom. The average Bonchev–Trinajstić information content (AvgIpc) is 2.62. The van der Waals surface area contributed by atoms with Gasteiger partial charge in [-0.1, -0.05) is 12.1 Å². The molecule has 23 heavy (non-hydrogen) atoms. The van der Waals surface area contributed by atoms with Crippen LogP contribution in [0.1, 0.15) is 10.4 Å². The second-order valence-corrected chi connectivity index (χ2v) is 6.31. The molecule has 0 aromatic heterocycles. The molecule has 0 atom stereocenters. The first-order valence-corrected chi connectivity index (χ1v) is 8.41. The van der Waals surface area contributed by atoms with Gasteiger partial charge in [0.1, 0.15) is 5.75 Å². The third kappa shape index (κ3) is 3.50. The van der Waals surface area contributed by atoms with Gasteiger partial charge in [-0.15, -0.1) is 0 Å². The summed E-state index contributed by atoms with van der Waals surface area (Å²) < 4.78 is 6.23. The van der Waals surface area contributed by atoms with Crippen LogP contribution in [0.25, 0.3) is 0 Å². The fraction of sp³-hybridized carbons (Fsp3) is 0.278. The maximum absolute atomic E-state index is 12.6. The molecule has 4 nitrogen and oxygen atoms in total. The van der Waals surface area contributed by atoms with Crippen LogP contribution in [-0.4, -0.2) is 44.1 Å². The van der Waals surface area contributed by atoms with Crippen molar-refractivity contribution in [1.29, 1.82) is 0 Å². The van der Waals surface area contributed by atoms with Crippen molar-refractivity contribution < 1.29 is 9.53 Å². The number of carbonyl (C=O) groups excluding carboxylic acids is 1. The van der Waals surface area contributed by atoms with Gasteiger partial charge in [0.05, 0.1) is 12.8 Å². The predicted octanol–water partition coefficient (Wildman–Crippen LogP) is 3.42. The van der Waals surface area contributed by atoms with Crippen LogP contribution in [0.15, 0.2) is 53.0 Å². The van der Waals surface area contributed by atoms with Crippen LogP contribution in [0.3, 0.4) is 0 Å². The van der Waals surface area contributed by atoms with Crippen molar-refractivity contribution in [3.63, 3.8) is 0 Å². The lowest BCUT2D eigenvalue weighted by atomic mass is 10.1. The van der Waals surface area contributed by atoms with Crippen molar-refractivity contribution in [2.75, 3.05) is 38.2 Å². The van der Waals surface area contributed by atoms with Crippen LogP contribution < -0.4 is 9.64 Å². The van der Waals surface area contributed by atoms with Crippen LogP contribution in [0.5, 0.6) is 5.75 Å². The Bertz CT molecular complexity index is 680. The highest BCUT2D eigenvalue weighted by atomic mass is 79.9. The van der Waals surface area contributed by atoms with E-state index in [9.17, 15) is 4.79 Å². The Kier molecular flexibility index (Phi) is 4.86. The van der Waals surface area contributed by atoms with E-state index in [0.29, 0.717) is 5.56 Å². The smallest absolute Gasteiger partial charge is 0.253 e. The van der Waals surface area contributed by atoms with Crippen molar-refractivity contribution >= 4 is 27.5 Å². The highest BCUT2D eigenvalue weighted by Gasteiger charge is 2.23. The van der Waals surface area contributed by atoms with E-state index in [1.54, 1.807) is 7.11 Å². The third-order valence-corrected chi connectivity index (χ3v) is 4.77. The zero-order chi connectivity index (χ0) is 16.2. The minimum Gasteiger partial charge on any atom is -0.497 e. The minimum absolute atomic E-state index is 0.0828. The number of piperazine rings is 1. The number of anilines is 1. The summed E-state index contributed by atoms with van der Waals surface area (Å²) in [6.07, 6.45) is 0. The Morgan fingerprint density at radius 2 is 1.65 bits per heavy atom. The number of para-hydroxylation sites is 1. The summed E-state index contributed by atoms with van der Waals surface area (Å²) in [4.78, 5) is 16.8. The standard InChI is InChI=1S/C18H19BrN2O2/c1-23-15-8-6-14(7-9-15)18(22)21-12-10-20(11-13-21)17-5-3-2-4-16(17)19/h2-9H,10-13H2,1H3. The molecule has 1 aliphatic heterocycles. The van der Waals surface area contributed by atoms with E-state index in [1.807, 2.05) is 47.4 Å². The van der Waals surface area contributed by atoms with Gasteiger partial charge in [0, 0.05) is 36.2 Å². The molecule has 0 unspecified atom stereocenters. The lowest BCUT2D eigenvalue weighted by molar-refractivity contribution is 0.0746. The maximum Gasteiger partial charge on any atom is 0.253 e. The number of rotatable bonds is 3. The molecule has 3 rings (SSSR count). The highest BCUT2D eigenvalue weighted by molar-refractivity contribution is 9.10. The summed E-state index contributed by atoms with van der Waals surface area (Å²) >= 11 is 3.59. The van der Waals surface area contributed by atoms with E-state index in [1.165, 1.54) is 5.69 Å². The maximum atomic E-state index is 12.6. The van der Waals surface area contributed by atoms with Gasteiger partial charge in [-0.25, -0.2) is 0 Å². The Morgan fingerprint density at radius 3 is 2.26 bits per heavy atom. The van der Waals surface area contributed by atoms with Crippen LogP contribution in [-0.2, 0) is 0 Å². The molecular weight excluding hydrogens is 356 g/mol. The summed E-state index contributed by atoms with van der Waals surface area (Å²) in [7, 11) is 1.62. The monoisotopic (exact) mass is 374 g/mol. The Hall–Kier alpha value is -2.01. The molecule has 1 heterocycles. The van der Waals surface area contributed by atoms with Gasteiger partial charge in [0.2, 0.25) is 0 Å². The first-order chi connectivity index (χ1) is 11.2.